The first-order valence-electron chi connectivity index (χ1n) is 6.57. The molecule has 0 spiro atoms. The summed E-state index contributed by atoms with van der Waals surface area (Å²) < 4.78 is 32.7. The van der Waals surface area contributed by atoms with Crippen molar-refractivity contribution in [2.24, 2.45) is 5.73 Å². The molecule has 118 valence electrons. The van der Waals surface area contributed by atoms with Gasteiger partial charge in [-0.05, 0) is 47.8 Å². The molecular weight excluding hydrogens is 380 g/mol. The zero-order valence-electron chi connectivity index (χ0n) is 11.8. The Morgan fingerprint density at radius 1 is 1.48 bits per heavy atom. The third-order valence-electron chi connectivity index (χ3n) is 3.65. The summed E-state index contributed by atoms with van der Waals surface area (Å²) >= 11 is 9.34. The predicted molar refractivity (Wildman–Crippen MR) is 86.3 cm³/mol. The van der Waals surface area contributed by atoms with Crippen molar-refractivity contribution in [3.63, 3.8) is 0 Å². The molecule has 8 heteroatoms. The van der Waals surface area contributed by atoms with E-state index in [9.17, 15) is 8.42 Å². The first-order valence-corrected chi connectivity index (χ1v) is 9.19. The molecule has 1 aliphatic heterocycles. The molecule has 0 saturated carbocycles. The van der Waals surface area contributed by atoms with Gasteiger partial charge in [-0.3, -0.25) is 0 Å². The maximum Gasteiger partial charge on any atom is 0.244 e. The molecule has 1 aromatic rings. The predicted octanol–water partition coefficient (Wildman–Crippen LogP) is 2.61. The van der Waals surface area contributed by atoms with Crippen molar-refractivity contribution >= 4 is 37.6 Å². The quantitative estimate of drug-likeness (QED) is 0.851. The van der Waals surface area contributed by atoms with Gasteiger partial charge in [-0.1, -0.05) is 11.6 Å². The minimum atomic E-state index is -3.62. The number of piperidine rings is 1. The Morgan fingerprint density at radius 3 is 2.71 bits per heavy atom. The van der Waals surface area contributed by atoms with Crippen molar-refractivity contribution in [1.82, 2.24) is 4.31 Å². The minimum Gasteiger partial charge on any atom is -0.495 e. The van der Waals surface area contributed by atoms with Gasteiger partial charge in [-0.15, -0.1) is 0 Å². The van der Waals surface area contributed by atoms with E-state index in [-0.39, 0.29) is 22.0 Å². The third kappa shape index (κ3) is 3.37. The summed E-state index contributed by atoms with van der Waals surface area (Å²) in [6.07, 6.45) is 1.31. The van der Waals surface area contributed by atoms with Crippen molar-refractivity contribution in [3.05, 3.63) is 21.6 Å². The Morgan fingerprint density at radius 2 is 2.14 bits per heavy atom. The molecule has 2 N–H and O–H groups in total. The number of nitrogens with two attached hydrogens (primary N) is 1. The Hall–Kier alpha value is -0.340. The highest BCUT2D eigenvalue weighted by Gasteiger charge is 2.35. The van der Waals surface area contributed by atoms with Crippen LogP contribution in [0.1, 0.15) is 19.8 Å². The maximum absolute atomic E-state index is 12.8. The largest absolute Gasteiger partial charge is 0.495 e. The molecule has 21 heavy (non-hydrogen) atoms. The van der Waals surface area contributed by atoms with Crippen LogP contribution in [0.25, 0.3) is 0 Å². The molecule has 0 unspecified atom stereocenters. The van der Waals surface area contributed by atoms with Crippen molar-refractivity contribution in [2.75, 3.05) is 13.7 Å². The summed E-state index contributed by atoms with van der Waals surface area (Å²) in [6.45, 7) is 2.29. The summed E-state index contributed by atoms with van der Waals surface area (Å²) in [5.41, 5.74) is 5.89. The molecule has 2 rings (SSSR count). The van der Waals surface area contributed by atoms with Crippen LogP contribution < -0.4 is 10.5 Å². The standard InChI is InChI=1S/C13H18BrClN2O3S/c1-8-5-9(16)3-4-17(8)21(18,19)13-7-11(15)12(20-2)6-10(13)14/h6-9H,3-5,16H2,1-2H3/t8-,9+/m1/s1. The fourth-order valence-corrected chi connectivity index (χ4v) is 5.51. The highest BCUT2D eigenvalue weighted by atomic mass is 79.9. The van der Waals surface area contributed by atoms with E-state index >= 15 is 0 Å². The summed E-state index contributed by atoms with van der Waals surface area (Å²) in [5, 5.41) is 0.264. The van der Waals surface area contributed by atoms with Gasteiger partial charge >= 0.3 is 0 Å². The van der Waals surface area contributed by atoms with Gasteiger partial charge in [0, 0.05) is 23.1 Å². The van der Waals surface area contributed by atoms with E-state index in [1.54, 1.807) is 6.07 Å². The zero-order chi connectivity index (χ0) is 15.8. The van der Waals surface area contributed by atoms with Crippen LogP contribution >= 0.6 is 27.5 Å². The molecule has 2 atom stereocenters. The lowest BCUT2D eigenvalue weighted by Crippen LogP contribution is -2.48. The van der Waals surface area contributed by atoms with Crippen LogP contribution in [0.15, 0.2) is 21.5 Å². The first kappa shape index (κ1) is 17.0. The first-order chi connectivity index (χ1) is 9.77. The van der Waals surface area contributed by atoms with Crippen LogP contribution in [-0.4, -0.2) is 38.5 Å². The van der Waals surface area contributed by atoms with Crippen molar-refractivity contribution in [3.8, 4) is 5.75 Å². The van der Waals surface area contributed by atoms with E-state index < -0.39 is 10.0 Å². The summed E-state index contributed by atoms with van der Waals surface area (Å²) in [7, 11) is -2.14. The minimum absolute atomic E-state index is 0.0503. The molecule has 0 bridgehead atoms. The summed E-state index contributed by atoms with van der Waals surface area (Å²) in [5.74, 6) is 0.427. The number of methoxy groups -OCH3 is 1. The topological polar surface area (TPSA) is 72.6 Å². The van der Waals surface area contributed by atoms with Gasteiger partial charge in [-0.2, -0.15) is 4.31 Å². The molecule has 1 aromatic carbocycles. The molecule has 1 fully saturated rings. The van der Waals surface area contributed by atoms with Gasteiger partial charge in [0.05, 0.1) is 17.0 Å². The maximum atomic E-state index is 12.8. The second-order valence-electron chi connectivity index (χ2n) is 5.17. The van der Waals surface area contributed by atoms with Gasteiger partial charge in [0.1, 0.15) is 5.75 Å². The summed E-state index contributed by atoms with van der Waals surface area (Å²) in [4.78, 5) is 0.149. The SMILES string of the molecule is COc1cc(Br)c(S(=O)(=O)N2CC[C@H](N)C[C@H]2C)cc1Cl. The number of ether oxygens (including phenoxy) is 1. The zero-order valence-corrected chi connectivity index (χ0v) is 15.0. The van der Waals surface area contributed by atoms with Gasteiger partial charge in [-0.25, -0.2) is 8.42 Å². The van der Waals surface area contributed by atoms with Crippen molar-refractivity contribution in [1.29, 1.82) is 0 Å². The van der Waals surface area contributed by atoms with Gasteiger partial charge in [0.25, 0.3) is 0 Å². The second-order valence-corrected chi connectivity index (χ2v) is 8.29. The summed E-state index contributed by atoms with van der Waals surface area (Å²) in [6, 6.07) is 2.90. The number of nitrogens with zero attached hydrogens (tertiary/aromatic N) is 1. The van der Waals surface area contributed by atoms with E-state index in [2.05, 4.69) is 15.9 Å². The van der Waals surface area contributed by atoms with Crippen LogP contribution in [0.4, 0.5) is 0 Å². The number of sulfonamides is 1. The fourth-order valence-electron chi connectivity index (χ4n) is 2.53. The van der Waals surface area contributed by atoms with Gasteiger partial charge in [0.2, 0.25) is 10.0 Å². The normalized spacial score (nSPS) is 24.0. The molecule has 0 radical (unpaired) electrons. The molecule has 0 aliphatic carbocycles. The van der Waals surface area contributed by atoms with Crippen LogP contribution in [0.5, 0.6) is 5.75 Å². The molecule has 1 aliphatic rings. The smallest absolute Gasteiger partial charge is 0.244 e. The highest BCUT2D eigenvalue weighted by molar-refractivity contribution is 9.10. The third-order valence-corrected chi connectivity index (χ3v) is 6.92. The Kier molecular flexibility index (Phi) is 5.20. The van der Waals surface area contributed by atoms with Crippen molar-refractivity contribution in [2.45, 2.75) is 36.7 Å². The van der Waals surface area contributed by atoms with Gasteiger partial charge < -0.3 is 10.5 Å². The van der Waals surface area contributed by atoms with Crippen LogP contribution in [0.3, 0.4) is 0 Å². The molecule has 0 amide bonds. The lowest BCUT2D eigenvalue weighted by atomic mass is 10.0. The molecule has 5 nitrogen and oxygen atoms in total. The molecule has 1 heterocycles. The number of rotatable bonds is 3. The molecule has 0 aromatic heterocycles. The number of hydrogen-bond donors (Lipinski definition) is 1. The average molecular weight is 398 g/mol. The second kappa shape index (κ2) is 6.42. The fraction of sp³-hybridized carbons (Fsp3) is 0.538. The van der Waals surface area contributed by atoms with Gasteiger partial charge in [0.15, 0.2) is 0 Å². The highest BCUT2D eigenvalue weighted by Crippen LogP contribution is 2.36. The Bertz CT molecular complexity index is 639. The lowest BCUT2D eigenvalue weighted by molar-refractivity contribution is 0.247. The van der Waals surface area contributed by atoms with Crippen LogP contribution in [0.2, 0.25) is 5.02 Å². The number of benzene rings is 1. The molecule has 1 saturated heterocycles. The van der Waals surface area contributed by atoms with Crippen LogP contribution in [-0.2, 0) is 10.0 Å². The van der Waals surface area contributed by atoms with E-state index in [4.69, 9.17) is 22.1 Å². The Labute approximate surface area is 138 Å². The Balaban J connectivity index is 2.42. The van der Waals surface area contributed by atoms with E-state index in [0.29, 0.717) is 29.6 Å². The lowest BCUT2D eigenvalue weighted by Gasteiger charge is -2.35. The van der Waals surface area contributed by atoms with E-state index in [1.807, 2.05) is 6.92 Å². The number of hydrogen-bond acceptors (Lipinski definition) is 4. The monoisotopic (exact) mass is 396 g/mol. The van der Waals surface area contributed by atoms with E-state index in [1.165, 1.54) is 17.5 Å². The van der Waals surface area contributed by atoms with Crippen molar-refractivity contribution < 1.29 is 13.2 Å². The van der Waals surface area contributed by atoms with E-state index in [0.717, 1.165) is 0 Å². The number of halogens is 2. The van der Waals surface area contributed by atoms with Crippen LogP contribution in [0, 0.1) is 0 Å². The average Bonchev–Trinajstić information content (AvgIpc) is 2.40. The molecular formula is C13H18BrClN2O3S.